The Morgan fingerprint density at radius 2 is 1.58 bits per heavy atom. The lowest BCUT2D eigenvalue weighted by Gasteiger charge is -2.30. The zero-order chi connectivity index (χ0) is 9.14. The van der Waals surface area contributed by atoms with Gasteiger partial charge in [0.2, 0.25) is 0 Å². The van der Waals surface area contributed by atoms with Gasteiger partial charge in [0, 0.05) is 11.8 Å². The van der Waals surface area contributed by atoms with Crippen LogP contribution in [0.3, 0.4) is 0 Å². The van der Waals surface area contributed by atoms with Crippen molar-refractivity contribution in [2.45, 2.75) is 46.5 Å². The molecule has 1 fully saturated rings. The fourth-order valence-electron chi connectivity index (χ4n) is 2.37. The van der Waals surface area contributed by atoms with Crippen LogP contribution in [0.25, 0.3) is 0 Å². The highest BCUT2D eigenvalue weighted by atomic mass is 16.1. The minimum Gasteiger partial charge on any atom is -0.299 e. The third kappa shape index (κ3) is 1.88. The van der Waals surface area contributed by atoms with Crippen molar-refractivity contribution in [3.05, 3.63) is 0 Å². The van der Waals surface area contributed by atoms with Gasteiger partial charge < -0.3 is 0 Å². The SMILES string of the molecule is CCC1CC(C)CC(CC)C1=O. The lowest BCUT2D eigenvalue weighted by Crippen LogP contribution is -2.31. The van der Waals surface area contributed by atoms with Crippen LogP contribution in [-0.2, 0) is 4.79 Å². The number of ketones is 1. The molecule has 1 aliphatic carbocycles. The molecule has 2 unspecified atom stereocenters. The van der Waals surface area contributed by atoms with E-state index in [9.17, 15) is 4.79 Å². The Hall–Kier alpha value is -0.330. The van der Waals surface area contributed by atoms with Crippen LogP contribution in [-0.4, -0.2) is 5.78 Å². The van der Waals surface area contributed by atoms with Crippen molar-refractivity contribution in [3.8, 4) is 0 Å². The Bertz CT molecular complexity index is 146. The van der Waals surface area contributed by atoms with E-state index in [0.29, 0.717) is 17.6 Å². The van der Waals surface area contributed by atoms with E-state index in [-0.39, 0.29) is 0 Å². The van der Waals surface area contributed by atoms with E-state index in [0.717, 1.165) is 31.6 Å². The molecule has 0 radical (unpaired) electrons. The molecule has 0 aromatic carbocycles. The van der Waals surface area contributed by atoms with Gasteiger partial charge in [0.05, 0.1) is 0 Å². The predicted octanol–water partition coefficient (Wildman–Crippen LogP) is 3.04. The van der Waals surface area contributed by atoms with Crippen LogP contribution in [0.2, 0.25) is 0 Å². The van der Waals surface area contributed by atoms with Gasteiger partial charge in [-0.15, -0.1) is 0 Å². The fraction of sp³-hybridized carbons (Fsp3) is 0.909. The van der Waals surface area contributed by atoms with Crippen molar-refractivity contribution in [1.82, 2.24) is 0 Å². The molecular weight excluding hydrogens is 148 g/mol. The molecule has 0 heterocycles. The molecule has 0 aliphatic heterocycles. The number of carbonyl (C=O) groups excluding carboxylic acids is 1. The van der Waals surface area contributed by atoms with E-state index in [1.807, 2.05) is 0 Å². The molecule has 1 saturated carbocycles. The number of hydrogen-bond donors (Lipinski definition) is 0. The predicted molar refractivity (Wildman–Crippen MR) is 51.0 cm³/mol. The van der Waals surface area contributed by atoms with Gasteiger partial charge in [-0.25, -0.2) is 0 Å². The van der Waals surface area contributed by atoms with E-state index in [4.69, 9.17) is 0 Å². The minimum absolute atomic E-state index is 0.374. The number of hydrogen-bond acceptors (Lipinski definition) is 1. The molecule has 0 spiro atoms. The first-order valence-electron chi connectivity index (χ1n) is 5.22. The van der Waals surface area contributed by atoms with Gasteiger partial charge in [-0.05, 0) is 31.6 Å². The highest BCUT2D eigenvalue weighted by Crippen LogP contribution is 2.33. The molecule has 70 valence electrons. The summed E-state index contributed by atoms with van der Waals surface area (Å²) in [5.41, 5.74) is 0. The van der Waals surface area contributed by atoms with Gasteiger partial charge in [0.25, 0.3) is 0 Å². The Balaban J connectivity index is 2.61. The average Bonchev–Trinajstić information content (AvgIpc) is 2.08. The topological polar surface area (TPSA) is 17.1 Å². The van der Waals surface area contributed by atoms with Crippen LogP contribution in [0.5, 0.6) is 0 Å². The first kappa shape index (κ1) is 9.76. The molecule has 0 N–H and O–H groups in total. The number of rotatable bonds is 2. The smallest absolute Gasteiger partial charge is 0.139 e. The lowest BCUT2D eigenvalue weighted by atomic mass is 9.73. The minimum atomic E-state index is 0.374. The molecule has 0 aromatic rings. The Morgan fingerprint density at radius 1 is 1.17 bits per heavy atom. The Morgan fingerprint density at radius 3 is 1.92 bits per heavy atom. The van der Waals surface area contributed by atoms with E-state index in [1.165, 1.54) is 0 Å². The summed E-state index contributed by atoms with van der Waals surface area (Å²) in [4.78, 5) is 11.7. The van der Waals surface area contributed by atoms with Crippen LogP contribution >= 0.6 is 0 Å². The standard InChI is InChI=1S/C11H20O/c1-4-9-6-8(3)7-10(5-2)11(9)12/h8-10H,4-7H2,1-3H3. The van der Waals surface area contributed by atoms with Crippen molar-refractivity contribution in [3.63, 3.8) is 0 Å². The van der Waals surface area contributed by atoms with Crippen molar-refractivity contribution in [2.75, 3.05) is 0 Å². The molecule has 0 amide bonds. The summed E-state index contributed by atoms with van der Waals surface area (Å²) >= 11 is 0. The summed E-state index contributed by atoms with van der Waals surface area (Å²) in [7, 11) is 0. The largest absolute Gasteiger partial charge is 0.299 e. The number of carbonyl (C=O) groups is 1. The van der Waals surface area contributed by atoms with Crippen LogP contribution in [0.4, 0.5) is 0 Å². The molecule has 12 heavy (non-hydrogen) atoms. The van der Waals surface area contributed by atoms with Gasteiger partial charge in [0.15, 0.2) is 0 Å². The first-order chi connectivity index (χ1) is 5.69. The van der Waals surface area contributed by atoms with Gasteiger partial charge in [-0.2, -0.15) is 0 Å². The summed E-state index contributed by atoms with van der Waals surface area (Å²) < 4.78 is 0. The maximum Gasteiger partial charge on any atom is 0.139 e. The Labute approximate surface area is 75.5 Å². The van der Waals surface area contributed by atoms with Crippen LogP contribution < -0.4 is 0 Å². The molecule has 0 saturated heterocycles. The van der Waals surface area contributed by atoms with Crippen molar-refractivity contribution >= 4 is 5.78 Å². The molecule has 2 atom stereocenters. The zero-order valence-corrected chi connectivity index (χ0v) is 8.47. The summed E-state index contributed by atoms with van der Waals surface area (Å²) in [5, 5.41) is 0. The van der Waals surface area contributed by atoms with E-state index in [2.05, 4.69) is 20.8 Å². The van der Waals surface area contributed by atoms with Crippen molar-refractivity contribution in [1.29, 1.82) is 0 Å². The summed E-state index contributed by atoms with van der Waals surface area (Å²) in [6.45, 7) is 6.54. The average molecular weight is 168 g/mol. The van der Waals surface area contributed by atoms with Crippen LogP contribution in [0, 0.1) is 17.8 Å². The van der Waals surface area contributed by atoms with E-state index in [1.54, 1.807) is 0 Å². The fourth-order valence-corrected chi connectivity index (χ4v) is 2.37. The monoisotopic (exact) mass is 168 g/mol. The Kier molecular flexibility index (Phi) is 3.30. The summed E-state index contributed by atoms with van der Waals surface area (Å²) in [6, 6.07) is 0. The van der Waals surface area contributed by atoms with Gasteiger partial charge in [0.1, 0.15) is 5.78 Å². The molecule has 1 rings (SSSR count). The highest BCUT2D eigenvalue weighted by Gasteiger charge is 2.31. The van der Waals surface area contributed by atoms with Crippen molar-refractivity contribution in [2.24, 2.45) is 17.8 Å². The second kappa shape index (κ2) is 4.06. The van der Waals surface area contributed by atoms with Gasteiger partial charge in [-0.1, -0.05) is 20.8 Å². The highest BCUT2D eigenvalue weighted by molar-refractivity contribution is 5.84. The normalized spacial score (nSPS) is 36.9. The molecule has 0 aromatic heterocycles. The first-order valence-corrected chi connectivity index (χ1v) is 5.22. The van der Waals surface area contributed by atoms with E-state index < -0.39 is 0 Å². The molecule has 1 aliphatic rings. The quantitative estimate of drug-likeness (QED) is 0.619. The third-order valence-electron chi connectivity index (χ3n) is 3.16. The van der Waals surface area contributed by atoms with Crippen LogP contribution in [0.15, 0.2) is 0 Å². The lowest BCUT2D eigenvalue weighted by molar-refractivity contribution is -0.130. The summed E-state index contributed by atoms with van der Waals surface area (Å²) in [6.07, 6.45) is 4.34. The molecule has 1 heteroatoms. The molecule has 1 nitrogen and oxygen atoms in total. The van der Waals surface area contributed by atoms with E-state index >= 15 is 0 Å². The number of Topliss-reactive ketones (excluding diaryl/α,β-unsaturated/α-hetero) is 1. The van der Waals surface area contributed by atoms with Gasteiger partial charge >= 0.3 is 0 Å². The second-order valence-corrected chi connectivity index (χ2v) is 4.19. The molecular formula is C11H20O. The van der Waals surface area contributed by atoms with Crippen LogP contribution in [0.1, 0.15) is 46.5 Å². The zero-order valence-electron chi connectivity index (χ0n) is 8.47. The second-order valence-electron chi connectivity index (χ2n) is 4.19. The maximum absolute atomic E-state index is 11.7. The molecule has 0 bridgehead atoms. The maximum atomic E-state index is 11.7. The van der Waals surface area contributed by atoms with Crippen molar-refractivity contribution < 1.29 is 4.79 Å². The summed E-state index contributed by atoms with van der Waals surface area (Å²) in [5.74, 6) is 2.05. The van der Waals surface area contributed by atoms with Gasteiger partial charge in [-0.3, -0.25) is 4.79 Å². The third-order valence-corrected chi connectivity index (χ3v) is 3.16.